The zero-order valence-electron chi connectivity index (χ0n) is 18.2. The van der Waals surface area contributed by atoms with E-state index in [1.165, 1.54) is 12.6 Å². The number of sulfonamides is 1. The van der Waals surface area contributed by atoms with Crippen molar-refractivity contribution in [2.45, 2.75) is 36.4 Å². The molecule has 2 aromatic rings. The lowest BCUT2D eigenvalue weighted by atomic mass is 9.37. The fourth-order valence-corrected chi connectivity index (χ4v) is 5.86. The van der Waals surface area contributed by atoms with Crippen molar-refractivity contribution >= 4 is 27.8 Å². The summed E-state index contributed by atoms with van der Waals surface area (Å²) in [5.41, 5.74) is 4.25. The number of amides is 1. The molecule has 0 saturated heterocycles. The highest BCUT2D eigenvalue weighted by Gasteiger charge is 2.69. The van der Waals surface area contributed by atoms with Crippen molar-refractivity contribution in [3.05, 3.63) is 76.3 Å². The Balaban J connectivity index is 1.59. The number of halogens is 3. The number of aliphatic imine (C=N–C) groups is 1. The third-order valence-corrected chi connectivity index (χ3v) is 7.71. The van der Waals surface area contributed by atoms with Gasteiger partial charge in [-0.1, -0.05) is 30.3 Å². The maximum Gasteiger partial charge on any atom is 0.416 e. The predicted octanol–water partition coefficient (Wildman–Crippen LogP) is 3.55. The molecular weight excluding hydrogens is 469 g/mol. The van der Waals surface area contributed by atoms with Crippen LogP contribution >= 0.6 is 0 Å². The maximum atomic E-state index is 13.3. The molecule has 0 heterocycles. The topological polar surface area (TPSA) is 114 Å². The quantitative estimate of drug-likeness (QED) is 0.513. The van der Waals surface area contributed by atoms with Gasteiger partial charge in [-0.3, -0.25) is 14.5 Å². The Morgan fingerprint density at radius 2 is 1.76 bits per heavy atom. The number of nitrogens with two attached hydrogens (primary N) is 1. The highest BCUT2D eigenvalue weighted by atomic mass is 32.2. The molecule has 0 aliphatic heterocycles. The molecule has 0 aromatic heterocycles. The van der Waals surface area contributed by atoms with Crippen LogP contribution in [0.4, 0.5) is 18.9 Å². The number of anilines is 1. The van der Waals surface area contributed by atoms with E-state index in [2.05, 4.69) is 15.0 Å². The van der Waals surface area contributed by atoms with Gasteiger partial charge in [0.15, 0.2) is 0 Å². The second kappa shape index (κ2) is 8.15. The summed E-state index contributed by atoms with van der Waals surface area (Å²) in [6.07, 6.45) is -0.893. The van der Waals surface area contributed by atoms with E-state index >= 15 is 0 Å². The molecule has 3 fully saturated rings. The molecule has 180 valence electrons. The Bertz CT molecular complexity index is 1270. The van der Waals surface area contributed by atoms with Gasteiger partial charge < -0.3 is 11.1 Å². The normalized spacial score (nSPS) is 24.3. The molecular formula is C23H23F3N4O3S. The average Bonchev–Trinajstić information content (AvgIpc) is 2.72. The van der Waals surface area contributed by atoms with Gasteiger partial charge in [-0.15, -0.1) is 0 Å². The zero-order chi connectivity index (χ0) is 24.8. The van der Waals surface area contributed by atoms with E-state index in [9.17, 15) is 26.4 Å². The standard InChI is InChI=1S/C23H23F3N4O3S/c1-28-11-17(10-27)34(32,33)30-19-9-16(23(24,25)26)7-8-18(19)20(31)29-22-12-21(13-22,14-22)15-5-3-2-4-6-15/h2-11,30H,12-14,27H2,1H3,(H,29,31). The third kappa shape index (κ3) is 4.15. The molecule has 2 aromatic carbocycles. The minimum Gasteiger partial charge on any atom is -0.403 e. The molecule has 5 rings (SSSR count). The van der Waals surface area contributed by atoms with Crippen molar-refractivity contribution < 1.29 is 26.4 Å². The van der Waals surface area contributed by atoms with Crippen LogP contribution in [-0.2, 0) is 21.6 Å². The Labute approximate surface area is 195 Å². The van der Waals surface area contributed by atoms with Crippen molar-refractivity contribution in [3.63, 3.8) is 0 Å². The van der Waals surface area contributed by atoms with Crippen LogP contribution < -0.4 is 15.8 Å². The van der Waals surface area contributed by atoms with Crippen LogP contribution in [0.5, 0.6) is 0 Å². The Hall–Kier alpha value is -3.34. The van der Waals surface area contributed by atoms with E-state index in [-0.39, 0.29) is 11.0 Å². The lowest BCUT2D eigenvalue weighted by Gasteiger charge is -2.71. The van der Waals surface area contributed by atoms with Crippen LogP contribution in [0.15, 0.2) is 64.6 Å². The summed E-state index contributed by atoms with van der Waals surface area (Å²) in [6.45, 7) is 0. The van der Waals surface area contributed by atoms with Crippen LogP contribution in [0.1, 0.15) is 40.7 Å². The van der Waals surface area contributed by atoms with Crippen molar-refractivity contribution in [1.82, 2.24) is 5.32 Å². The van der Waals surface area contributed by atoms with Crippen LogP contribution in [0.25, 0.3) is 0 Å². The number of benzene rings is 2. The molecule has 11 heteroatoms. The average molecular weight is 493 g/mol. The molecule has 1 amide bonds. The van der Waals surface area contributed by atoms with Gasteiger partial charge in [0.25, 0.3) is 15.9 Å². The van der Waals surface area contributed by atoms with Crippen LogP contribution in [-0.4, -0.2) is 33.1 Å². The minimum atomic E-state index is -4.73. The van der Waals surface area contributed by atoms with Crippen LogP contribution in [0, 0.1) is 0 Å². The second-order valence-electron chi connectivity index (χ2n) is 8.73. The van der Waals surface area contributed by atoms with Crippen molar-refractivity contribution in [2.75, 3.05) is 11.8 Å². The summed E-state index contributed by atoms with van der Waals surface area (Å²) in [7, 11) is -3.07. The first-order valence-corrected chi connectivity index (χ1v) is 11.9. The van der Waals surface area contributed by atoms with E-state index in [4.69, 9.17) is 5.73 Å². The van der Waals surface area contributed by atoms with Gasteiger partial charge >= 0.3 is 6.18 Å². The predicted molar refractivity (Wildman–Crippen MR) is 123 cm³/mol. The molecule has 0 radical (unpaired) electrons. The van der Waals surface area contributed by atoms with Crippen LogP contribution in [0.3, 0.4) is 0 Å². The van der Waals surface area contributed by atoms with E-state index in [1.54, 1.807) is 0 Å². The van der Waals surface area contributed by atoms with E-state index in [0.717, 1.165) is 24.5 Å². The molecule has 3 aliphatic rings. The number of carbonyl (C=O) groups excluding carboxylic acids is 1. The molecule has 0 spiro atoms. The van der Waals surface area contributed by atoms with Gasteiger partial charge in [0.1, 0.15) is 4.91 Å². The molecule has 0 atom stereocenters. The third-order valence-electron chi connectivity index (χ3n) is 6.36. The molecule has 4 N–H and O–H groups in total. The van der Waals surface area contributed by atoms with Gasteiger partial charge in [-0.2, -0.15) is 13.2 Å². The lowest BCUT2D eigenvalue weighted by Crippen LogP contribution is -2.76. The van der Waals surface area contributed by atoms with E-state index in [0.29, 0.717) is 25.3 Å². The van der Waals surface area contributed by atoms with Crippen LogP contribution in [0.2, 0.25) is 0 Å². The van der Waals surface area contributed by atoms with E-state index in [1.807, 2.05) is 30.3 Å². The number of nitrogens with one attached hydrogen (secondary N) is 2. The van der Waals surface area contributed by atoms with Gasteiger partial charge in [-0.25, -0.2) is 8.42 Å². The smallest absolute Gasteiger partial charge is 0.403 e. The van der Waals surface area contributed by atoms with Crippen molar-refractivity contribution in [2.24, 2.45) is 10.7 Å². The summed E-state index contributed by atoms with van der Waals surface area (Å²) in [6, 6.07) is 12.2. The zero-order valence-corrected chi connectivity index (χ0v) is 19.0. The number of nitrogens with zero attached hydrogens (tertiary/aromatic N) is 1. The summed E-state index contributed by atoms with van der Waals surface area (Å²) in [5, 5.41) is 2.90. The summed E-state index contributed by atoms with van der Waals surface area (Å²) < 4.78 is 67.2. The Morgan fingerprint density at radius 1 is 1.12 bits per heavy atom. The van der Waals surface area contributed by atoms with E-state index < -0.39 is 43.8 Å². The number of hydrogen-bond donors (Lipinski definition) is 3. The summed E-state index contributed by atoms with van der Waals surface area (Å²) in [5.74, 6) is -0.657. The van der Waals surface area contributed by atoms with Gasteiger partial charge in [0.05, 0.1) is 16.8 Å². The first-order valence-electron chi connectivity index (χ1n) is 10.4. The number of hydrogen-bond acceptors (Lipinski definition) is 5. The highest BCUT2D eigenvalue weighted by Crippen LogP contribution is 2.67. The lowest BCUT2D eigenvalue weighted by molar-refractivity contribution is -0.137. The molecule has 3 saturated carbocycles. The SMILES string of the molecule is CN=CC(=CN)S(=O)(=O)Nc1cc(C(F)(F)F)ccc1C(=O)NC12CC(c3ccccc3)(C1)C2. The Kier molecular flexibility index (Phi) is 5.71. The molecule has 2 bridgehead atoms. The monoisotopic (exact) mass is 492 g/mol. The number of alkyl halides is 3. The van der Waals surface area contributed by atoms with Crippen molar-refractivity contribution in [3.8, 4) is 0 Å². The molecule has 7 nitrogen and oxygen atoms in total. The van der Waals surface area contributed by atoms with Gasteiger partial charge in [0, 0.05) is 30.4 Å². The highest BCUT2D eigenvalue weighted by molar-refractivity contribution is 7.97. The fourth-order valence-electron chi connectivity index (χ4n) is 4.86. The summed E-state index contributed by atoms with van der Waals surface area (Å²) in [4.78, 5) is 16.2. The molecule has 3 aliphatic carbocycles. The summed E-state index contributed by atoms with van der Waals surface area (Å²) >= 11 is 0. The second-order valence-corrected chi connectivity index (χ2v) is 10.4. The Morgan fingerprint density at radius 3 is 2.32 bits per heavy atom. The molecule has 0 unspecified atom stereocenters. The fraction of sp³-hybridized carbons (Fsp3) is 0.304. The van der Waals surface area contributed by atoms with Crippen molar-refractivity contribution in [1.29, 1.82) is 0 Å². The minimum absolute atomic E-state index is 0.000585. The first kappa shape index (κ1) is 23.8. The largest absolute Gasteiger partial charge is 0.416 e. The number of allylic oxidation sites excluding steroid dienone is 1. The maximum absolute atomic E-state index is 13.3. The first-order chi connectivity index (χ1) is 15.9. The number of carbonyl (C=O) groups is 1. The van der Waals surface area contributed by atoms with Gasteiger partial charge in [0.2, 0.25) is 0 Å². The molecule has 34 heavy (non-hydrogen) atoms. The number of rotatable bonds is 7. The van der Waals surface area contributed by atoms with Gasteiger partial charge in [-0.05, 0) is 43.0 Å².